The number of rotatable bonds is 4. The van der Waals surface area contributed by atoms with Crippen molar-refractivity contribution >= 4 is 28.9 Å². The first-order chi connectivity index (χ1) is 13.1. The van der Waals surface area contributed by atoms with Crippen LogP contribution in [0.1, 0.15) is 24.0 Å². The summed E-state index contributed by atoms with van der Waals surface area (Å²) in [6.45, 7) is 3.24. The summed E-state index contributed by atoms with van der Waals surface area (Å²) in [5.74, 6) is -0.616. The van der Waals surface area contributed by atoms with Crippen molar-refractivity contribution in [2.24, 2.45) is 0 Å². The van der Waals surface area contributed by atoms with E-state index in [2.05, 4.69) is 10.2 Å². The van der Waals surface area contributed by atoms with Crippen molar-refractivity contribution in [1.82, 2.24) is 4.57 Å². The average molecular weight is 414 g/mol. The van der Waals surface area contributed by atoms with Crippen LogP contribution in [0, 0.1) is 6.92 Å². The maximum absolute atomic E-state index is 12.9. The first-order valence-corrected chi connectivity index (χ1v) is 9.15. The molecule has 5 nitrogen and oxygen atoms in total. The maximum Gasteiger partial charge on any atom is 0.417 e. The van der Waals surface area contributed by atoms with Crippen molar-refractivity contribution in [2.75, 3.05) is 23.3 Å². The molecule has 1 saturated heterocycles. The highest BCUT2D eigenvalue weighted by Crippen LogP contribution is 2.30. The molecule has 0 unspecified atom stereocenters. The van der Waals surface area contributed by atoms with Crippen LogP contribution in [0.3, 0.4) is 0 Å². The minimum absolute atomic E-state index is 0.541. The van der Waals surface area contributed by atoms with E-state index < -0.39 is 34.8 Å². The highest BCUT2D eigenvalue weighted by molar-refractivity contribution is 6.30. The van der Waals surface area contributed by atoms with Gasteiger partial charge in [0.05, 0.1) is 5.56 Å². The number of aryl methyl sites for hydroxylation is 1. The Morgan fingerprint density at radius 3 is 2.50 bits per heavy atom. The van der Waals surface area contributed by atoms with Gasteiger partial charge in [-0.2, -0.15) is 13.2 Å². The molecule has 0 spiro atoms. The van der Waals surface area contributed by atoms with Crippen molar-refractivity contribution in [3.63, 3.8) is 0 Å². The van der Waals surface area contributed by atoms with Crippen molar-refractivity contribution in [1.29, 1.82) is 0 Å². The van der Waals surface area contributed by atoms with Crippen LogP contribution in [0.5, 0.6) is 0 Å². The molecular formula is C19H19ClF3N3O2. The van der Waals surface area contributed by atoms with Gasteiger partial charge in [0.15, 0.2) is 0 Å². The fourth-order valence-electron chi connectivity index (χ4n) is 3.18. The Hall–Kier alpha value is -2.48. The number of pyridine rings is 1. The van der Waals surface area contributed by atoms with Crippen LogP contribution in [-0.4, -0.2) is 23.6 Å². The predicted octanol–water partition coefficient (Wildman–Crippen LogP) is 4.07. The molecule has 150 valence electrons. The molecule has 0 radical (unpaired) electrons. The molecule has 0 bridgehead atoms. The Balaban J connectivity index is 1.76. The van der Waals surface area contributed by atoms with Gasteiger partial charge in [-0.05, 0) is 49.6 Å². The minimum atomic E-state index is -4.67. The Morgan fingerprint density at radius 1 is 1.21 bits per heavy atom. The highest BCUT2D eigenvalue weighted by Gasteiger charge is 2.32. The summed E-state index contributed by atoms with van der Waals surface area (Å²) in [5, 5.41) is 2.05. The lowest BCUT2D eigenvalue weighted by molar-refractivity contribution is -0.138. The van der Waals surface area contributed by atoms with Gasteiger partial charge in [-0.15, -0.1) is 0 Å². The fraction of sp³-hybridized carbons (Fsp3) is 0.368. The molecule has 9 heteroatoms. The summed E-state index contributed by atoms with van der Waals surface area (Å²) < 4.78 is 39.4. The zero-order valence-corrected chi connectivity index (χ0v) is 15.9. The van der Waals surface area contributed by atoms with E-state index in [0.29, 0.717) is 22.5 Å². The predicted molar refractivity (Wildman–Crippen MR) is 102 cm³/mol. The second-order valence-electron chi connectivity index (χ2n) is 6.75. The molecule has 1 aromatic heterocycles. The van der Waals surface area contributed by atoms with Gasteiger partial charge in [0, 0.05) is 30.7 Å². The van der Waals surface area contributed by atoms with Gasteiger partial charge in [-0.1, -0.05) is 11.6 Å². The number of carbonyl (C=O) groups is 1. The minimum Gasteiger partial charge on any atom is -0.372 e. The zero-order chi connectivity index (χ0) is 20.5. The van der Waals surface area contributed by atoms with E-state index in [4.69, 9.17) is 11.6 Å². The van der Waals surface area contributed by atoms with E-state index >= 15 is 0 Å². The largest absolute Gasteiger partial charge is 0.417 e. The summed E-state index contributed by atoms with van der Waals surface area (Å²) in [7, 11) is 0. The normalized spacial score (nSPS) is 14.4. The van der Waals surface area contributed by atoms with Gasteiger partial charge in [-0.25, -0.2) is 0 Å². The first-order valence-electron chi connectivity index (χ1n) is 8.78. The number of hydrogen-bond acceptors (Lipinski definition) is 3. The average Bonchev–Trinajstić information content (AvgIpc) is 3.14. The first kappa shape index (κ1) is 20.3. The second kappa shape index (κ2) is 7.87. The number of carbonyl (C=O) groups excluding carboxylic acids is 1. The second-order valence-corrected chi connectivity index (χ2v) is 7.16. The molecule has 0 atom stereocenters. The van der Waals surface area contributed by atoms with Crippen molar-refractivity contribution in [3.05, 3.63) is 57.0 Å². The topological polar surface area (TPSA) is 54.3 Å². The maximum atomic E-state index is 12.9. The molecule has 1 N–H and O–H groups in total. The number of aromatic nitrogens is 1. The molecule has 2 aromatic rings. The van der Waals surface area contributed by atoms with Crippen molar-refractivity contribution < 1.29 is 18.0 Å². The van der Waals surface area contributed by atoms with E-state index in [1.54, 1.807) is 6.07 Å². The third-order valence-electron chi connectivity index (χ3n) is 4.64. The summed E-state index contributed by atoms with van der Waals surface area (Å²) in [5.41, 5.74) is 0.488. The van der Waals surface area contributed by atoms with Gasteiger partial charge in [-0.3, -0.25) is 9.59 Å². The van der Waals surface area contributed by atoms with Gasteiger partial charge in [0.1, 0.15) is 11.6 Å². The lowest BCUT2D eigenvalue weighted by Crippen LogP contribution is -2.29. The molecule has 1 aliphatic heterocycles. The fourth-order valence-corrected chi connectivity index (χ4v) is 3.40. The van der Waals surface area contributed by atoms with E-state index in [9.17, 15) is 22.8 Å². The standard InChI is InChI=1S/C19H19ClF3N3O2/c1-12-8-14(25-6-2-3-7-25)4-5-16(12)24-17(27)11-26-10-13(19(21,22)23)9-15(20)18(26)28/h4-5,8-10H,2-3,6-7,11H2,1H3,(H,24,27). The van der Waals surface area contributed by atoms with Gasteiger partial charge < -0.3 is 14.8 Å². The molecule has 28 heavy (non-hydrogen) atoms. The van der Waals surface area contributed by atoms with Crippen LogP contribution >= 0.6 is 11.6 Å². The van der Waals surface area contributed by atoms with Crippen LogP contribution in [0.4, 0.5) is 24.5 Å². The van der Waals surface area contributed by atoms with E-state index in [-0.39, 0.29) is 0 Å². The smallest absolute Gasteiger partial charge is 0.372 e. The number of nitrogens with one attached hydrogen (secondary N) is 1. The van der Waals surface area contributed by atoms with Crippen LogP contribution in [0.2, 0.25) is 5.02 Å². The molecule has 1 fully saturated rings. The number of amides is 1. The van der Waals surface area contributed by atoms with Crippen molar-refractivity contribution in [2.45, 2.75) is 32.5 Å². The number of alkyl halides is 3. The number of halogens is 4. The van der Waals surface area contributed by atoms with Crippen LogP contribution in [0.15, 0.2) is 35.3 Å². The Labute approximate surface area is 164 Å². The molecular weight excluding hydrogens is 395 g/mol. The molecule has 0 saturated carbocycles. The van der Waals surface area contributed by atoms with Crippen LogP contribution < -0.4 is 15.8 Å². The van der Waals surface area contributed by atoms with Crippen molar-refractivity contribution in [3.8, 4) is 0 Å². The lowest BCUT2D eigenvalue weighted by atomic mass is 10.1. The quantitative estimate of drug-likeness (QED) is 0.822. The van der Waals surface area contributed by atoms with E-state index in [1.165, 1.54) is 0 Å². The lowest BCUT2D eigenvalue weighted by Gasteiger charge is -2.19. The van der Waals surface area contributed by atoms with E-state index in [0.717, 1.165) is 37.2 Å². The third-order valence-corrected chi connectivity index (χ3v) is 4.91. The van der Waals surface area contributed by atoms with Gasteiger partial charge >= 0.3 is 6.18 Å². The van der Waals surface area contributed by atoms with E-state index in [1.807, 2.05) is 19.1 Å². The van der Waals surface area contributed by atoms with Gasteiger partial charge in [0.2, 0.25) is 5.91 Å². The summed E-state index contributed by atoms with van der Waals surface area (Å²) in [6.07, 6.45) is -1.79. The molecule has 3 rings (SSSR count). The summed E-state index contributed by atoms with van der Waals surface area (Å²) in [4.78, 5) is 26.5. The molecule has 2 heterocycles. The Morgan fingerprint density at radius 2 is 1.89 bits per heavy atom. The number of benzene rings is 1. The van der Waals surface area contributed by atoms with Gasteiger partial charge in [0.25, 0.3) is 5.56 Å². The number of hydrogen-bond donors (Lipinski definition) is 1. The SMILES string of the molecule is Cc1cc(N2CCCC2)ccc1NC(=O)Cn1cc(C(F)(F)F)cc(Cl)c1=O. The monoisotopic (exact) mass is 413 g/mol. The zero-order valence-electron chi connectivity index (χ0n) is 15.1. The summed E-state index contributed by atoms with van der Waals surface area (Å²) >= 11 is 5.60. The van der Waals surface area contributed by atoms with Crippen LogP contribution in [0.25, 0.3) is 0 Å². The number of nitrogens with zero attached hydrogens (tertiary/aromatic N) is 2. The molecule has 1 aliphatic rings. The highest BCUT2D eigenvalue weighted by atomic mass is 35.5. The Kier molecular flexibility index (Phi) is 5.69. The number of anilines is 2. The molecule has 1 aromatic carbocycles. The molecule has 0 aliphatic carbocycles. The van der Waals surface area contributed by atoms with Crippen LogP contribution in [-0.2, 0) is 17.5 Å². The molecule has 1 amide bonds. The Bertz CT molecular complexity index is 950. The summed E-state index contributed by atoms with van der Waals surface area (Å²) in [6, 6.07) is 6.15. The third kappa shape index (κ3) is 4.49.